The van der Waals surface area contributed by atoms with Crippen LogP contribution in [-0.2, 0) is 42.7 Å². The number of hydrogen-bond acceptors (Lipinski definition) is 10. The van der Waals surface area contributed by atoms with Gasteiger partial charge < -0.3 is 42.7 Å². The van der Waals surface area contributed by atoms with E-state index in [0.29, 0.717) is 0 Å². The number of rotatable bonds is 15. The van der Waals surface area contributed by atoms with Crippen molar-refractivity contribution in [1.29, 1.82) is 0 Å². The molecule has 15 heteroatoms. The van der Waals surface area contributed by atoms with Crippen molar-refractivity contribution in [1.82, 2.24) is 0 Å². The van der Waals surface area contributed by atoms with Crippen LogP contribution in [0.4, 0.5) is 0 Å². The second-order valence-corrected chi connectivity index (χ2v) is 28.2. The van der Waals surface area contributed by atoms with Gasteiger partial charge in [-0.25, -0.2) is 0 Å². The summed E-state index contributed by atoms with van der Waals surface area (Å²) < 4.78 is 68.0. The van der Waals surface area contributed by atoms with Crippen LogP contribution in [0, 0.1) is 0 Å². The Morgan fingerprint density at radius 2 is 0.475 bits per heavy atom. The van der Waals surface area contributed by atoms with Crippen molar-refractivity contribution in [2.24, 2.45) is 0 Å². The van der Waals surface area contributed by atoms with Crippen LogP contribution in [-0.4, -0.2) is 79.6 Å². The van der Waals surface area contributed by atoms with E-state index < -0.39 is 44.0 Å². The van der Waals surface area contributed by atoms with Crippen molar-refractivity contribution in [2.45, 2.75) is 129 Å². The zero-order valence-corrected chi connectivity index (χ0v) is 33.0. The summed E-state index contributed by atoms with van der Waals surface area (Å²) in [4.78, 5) is 0. The molecule has 1 fully saturated rings. The van der Waals surface area contributed by atoms with Gasteiger partial charge in [0.2, 0.25) is 0 Å². The molecule has 5 unspecified atom stereocenters. The number of hydrogen-bond donors (Lipinski definition) is 0. The fourth-order valence-corrected chi connectivity index (χ4v) is 31.3. The summed E-state index contributed by atoms with van der Waals surface area (Å²) in [6.07, 6.45) is 3.80. The van der Waals surface area contributed by atoms with Crippen molar-refractivity contribution < 1.29 is 42.7 Å². The van der Waals surface area contributed by atoms with Crippen LogP contribution in [0.1, 0.15) is 101 Å². The highest BCUT2D eigenvalue weighted by molar-refractivity contribution is 6.90. The van der Waals surface area contributed by atoms with Gasteiger partial charge in [0.1, 0.15) is 0 Å². The van der Waals surface area contributed by atoms with E-state index in [1.165, 1.54) is 0 Å². The van der Waals surface area contributed by atoms with Crippen LogP contribution in [0.2, 0.25) is 27.7 Å². The zero-order valence-electron chi connectivity index (χ0n) is 28.0. The standard InChI is InChI=1S/C25H60O10Si5/c1-16-21(6)36(26-11)31-37(27-12,22(7)17-2)33-39(29-14,24(9)19-4)35-40(30-15,25(10)20-5)34-38(28-13,32-36)23(8)18-3/h21-25H,16-20H2,1-15H3. The molecule has 0 radical (unpaired) electrons. The molecule has 0 N–H and O–H groups in total. The molecule has 1 rings (SSSR count). The van der Waals surface area contributed by atoms with E-state index in [-0.39, 0.29) is 27.7 Å². The fraction of sp³-hybridized carbons (Fsp3) is 1.00. The van der Waals surface area contributed by atoms with Gasteiger partial charge in [-0.2, -0.15) is 0 Å². The molecule has 0 saturated carbocycles. The topological polar surface area (TPSA) is 92.3 Å². The van der Waals surface area contributed by atoms with Crippen LogP contribution in [0.15, 0.2) is 0 Å². The normalized spacial score (nSPS) is 37.9. The Balaban J connectivity index is 4.38. The minimum Gasteiger partial charge on any atom is -0.378 e. The first-order valence-electron chi connectivity index (χ1n) is 15.0. The van der Waals surface area contributed by atoms with E-state index in [1.807, 2.05) is 0 Å². The molecule has 1 saturated heterocycles. The van der Waals surface area contributed by atoms with Gasteiger partial charge in [0, 0.05) is 63.3 Å². The van der Waals surface area contributed by atoms with Crippen LogP contribution in [0.3, 0.4) is 0 Å². The molecule has 0 aliphatic carbocycles. The van der Waals surface area contributed by atoms with Crippen LogP contribution in [0.25, 0.3) is 0 Å². The Bertz CT molecular complexity index is 601. The largest absolute Gasteiger partial charge is 0.488 e. The third-order valence-electron chi connectivity index (χ3n) is 8.92. The smallest absolute Gasteiger partial charge is 0.378 e. The Labute approximate surface area is 250 Å². The predicted octanol–water partition coefficient (Wildman–Crippen LogP) is 7.01. The molecule has 10 nitrogen and oxygen atoms in total. The molecule has 0 spiro atoms. The van der Waals surface area contributed by atoms with Gasteiger partial charge in [0.05, 0.1) is 0 Å². The van der Waals surface area contributed by atoms with Crippen LogP contribution in [0.5, 0.6) is 0 Å². The Morgan fingerprint density at radius 1 is 0.350 bits per heavy atom. The Hall–Kier alpha value is 0.684. The lowest BCUT2D eigenvalue weighted by Gasteiger charge is -2.53. The molecule has 0 aromatic carbocycles. The van der Waals surface area contributed by atoms with Crippen molar-refractivity contribution >= 4 is 44.0 Å². The highest BCUT2D eigenvalue weighted by atomic mass is 28.6. The molecule has 1 aliphatic heterocycles. The summed E-state index contributed by atoms with van der Waals surface area (Å²) >= 11 is 0. The van der Waals surface area contributed by atoms with Crippen molar-refractivity contribution in [3.8, 4) is 0 Å². The maximum absolute atomic E-state index is 7.21. The molecule has 1 heterocycles. The van der Waals surface area contributed by atoms with Gasteiger partial charge >= 0.3 is 44.0 Å². The monoisotopic (exact) mass is 660 g/mol. The van der Waals surface area contributed by atoms with Crippen molar-refractivity contribution in [2.75, 3.05) is 35.5 Å². The molecular formula is C25H60O10Si5. The molecule has 5 atom stereocenters. The van der Waals surface area contributed by atoms with E-state index in [4.69, 9.17) is 42.7 Å². The van der Waals surface area contributed by atoms with E-state index in [9.17, 15) is 0 Å². The molecule has 40 heavy (non-hydrogen) atoms. The summed E-state index contributed by atoms with van der Waals surface area (Å²) in [6, 6.07) is 0. The fourth-order valence-electron chi connectivity index (χ4n) is 4.77. The van der Waals surface area contributed by atoms with E-state index in [1.54, 1.807) is 35.5 Å². The van der Waals surface area contributed by atoms with Gasteiger partial charge in [0.25, 0.3) is 0 Å². The van der Waals surface area contributed by atoms with Crippen molar-refractivity contribution in [3.63, 3.8) is 0 Å². The zero-order chi connectivity index (χ0) is 31.0. The average Bonchev–Trinajstić information content (AvgIpc) is 3.00. The minimum atomic E-state index is -3.61. The second-order valence-electron chi connectivity index (χ2n) is 11.1. The van der Waals surface area contributed by atoms with Gasteiger partial charge in [-0.15, -0.1) is 0 Å². The molecule has 0 amide bonds. The minimum absolute atomic E-state index is 0.0911. The lowest BCUT2D eigenvalue weighted by atomic mass is 10.4. The lowest BCUT2D eigenvalue weighted by molar-refractivity contribution is 0.0219. The van der Waals surface area contributed by atoms with Gasteiger partial charge in [-0.1, -0.05) is 69.2 Å². The van der Waals surface area contributed by atoms with E-state index in [0.717, 1.165) is 32.1 Å². The predicted molar refractivity (Wildman–Crippen MR) is 168 cm³/mol. The molecule has 1 aliphatic rings. The summed E-state index contributed by atoms with van der Waals surface area (Å²) in [5.41, 5.74) is -0.455. The highest BCUT2D eigenvalue weighted by Gasteiger charge is 2.72. The first-order valence-corrected chi connectivity index (χ1v) is 24.0. The second kappa shape index (κ2) is 16.1. The summed E-state index contributed by atoms with van der Waals surface area (Å²) in [5.74, 6) is 0. The molecule has 0 aromatic heterocycles. The first-order chi connectivity index (χ1) is 18.7. The van der Waals surface area contributed by atoms with Gasteiger partial charge in [0.15, 0.2) is 0 Å². The maximum Gasteiger partial charge on any atom is 0.488 e. The average molecular weight is 661 g/mol. The highest BCUT2D eigenvalue weighted by Crippen LogP contribution is 2.48. The van der Waals surface area contributed by atoms with Gasteiger partial charge in [-0.05, 0) is 32.1 Å². The van der Waals surface area contributed by atoms with Crippen LogP contribution < -0.4 is 0 Å². The van der Waals surface area contributed by atoms with Crippen LogP contribution >= 0.6 is 0 Å². The molecular weight excluding hydrogens is 601 g/mol. The quantitative estimate of drug-likeness (QED) is 0.171. The Morgan fingerprint density at radius 3 is 0.550 bits per heavy atom. The third kappa shape index (κ3) is 7.48. The SMILES string of the molecule is CCC(C)[Si]1(OC)O[Si](OC)(C(C)CC)O[Si](OC)(C(C)CC)O[Si](OC)(C(C)CC)O[Si](OC)(C(C)CC)O1. The lowest BCUT2D eigenvalue weighted by Crippen LogP contribution is -2.75. The maximum atomic E-state index is 7.21. The first kappa shape index (κ1) is 38.7. The summed E-state index contributed by atoms with van der Waals surface area (Å²) in [7, 11) is -9.76. The van der Waals surface area contributed by atoms with Gasteiger partial charge in [-0.3, -0.25) is 0 Å². The van der Waals surface area contributed by atoms with E-state index >= 15 is 0 Å². The summed E-state index contributed by atoms with van der Waals surface area (Å²) in [6.45, 7) is 21.0. The Kier molecular flexibility index (Phi) is 15.6. The molecule has 240 valence electrons. The third-order valence-corrected chi connectivity index (χ3v) is 31.2. The molecule has 0 aromatic rings. The summed E-state index contributed by atoms with van der Waals surface area (Å²) in [5, 5.41) is 0. The van der Waals surface area contributed by atoms with Crippen molar-refractivity contribution in [3.05, 3.63) is 0 Å². The molecule has 0 bridgehead atoms. The van der Waals surface area contributed by atoms with E-state index in [2.05, 4.69) is 69.2 Å².